The van der Waals surface area contributed by atoms with Gasteiger partial charge in [0, 0.05) is 18.8 Å². The Hall–Kier alpha value is -1.27. The summed E-state index contributed by atoms with van der Waals surface area (Å²) in [5.41, 5.74) is 7.08. The third-order valence-electron chi connectivity index (χ3n) is 3.58. The van der Waals surface area contributed by atoms with Crippen LogP contribution in [0.4, 0.5) is 11.4 Å². The van der Waals surface area contributed by atoms with Crippen LogP contribution in [0.25, 0.3) is 0 Å². The number of sulfonamides is 1. The van der Waals surface area contributed by atoms with Crippen LogP contribution in [0, 0.1) is 0 Å². The van der Waals surface area contributed by atoms with Gasteiger partial charge in [-0.05, 0) is 44.5 Å². The predicted octanol–water partition coefficient (Wildman–Crippen LogP) is 1.17. The molecule has 5 nitrogen and oxygen atoms in total. The molecule has 0 aromatic heterocycles. The van der Waals surface area contributed by atoms with Crippen molar-refractivity contribution in [3.8, 4) is 0 Å². The summed E-state index contributed by atoms with van der Waals surface area (Å²) in [6, 6.07) is 5.64. The van der Waals surface area contributed by atoms with Crippen molar-refractivity contribution in [1.82, 2.24) is 4.72 Å². The third-order valence-corrected chi connectivity index (χ3v) is 5.07. The molecule has 3 N–H and O–H groups in total. The van der Waals surface area contributed by atoms with E-state index in [1.54, 1.807) is 18.2 Å². The Morgan fingerprint density at radius 1 is 1.39 bits per heavy atom. The fourth-order valence-corrected chi connectivity index (χ4v) is 2.93. The fraction of sp³-hybridized carbons (Fsp3) is 0.500. The molecular formula is C12H19N3O2S. The van der Waals surface area contributed by atoms with Crippen molar-refractivity contribution in [2.24, 2.45) is 0 Å². The first-order chi connectivity index (χ1) is 8.45. The van der Waals surface area contributed by atoms with E-state index in [1.165, 1.54) is 26.3 Å². The van der Waals surface area contributed by atoms with Gasteiger partial charge in [0.05, 0.1) is 5.69 Å². The lowest BCUT2D eigenvalue weighted by atomic mass is 9.91. The molecule has 1 aliphatic carbocycles. The summed E-state index contributed by atoms with van der Waals surface area (Å²) in [5.74, 6) is 0. The van der Waals surface area contributed by atoms with Crippen molar-refractivity contribution in [2.45, 2.75) is 30.2 Å². The van der Waals surface area contributed by atoms with Crippen molar-refractivity contribution < 1.29 is 8.42 Å². The Morgan fingerprint density at radius 3 is 2.50 bits per heavy atom. The minimum atomic E-state index is -3.48. The fourth-order valence-electron chi connectivity index (χ4n) is 2.09. The number of nitrogen functional groups attached to an aromatic ring is 1. The highest BCUT2D eigenvalue weighted by Crippen LogP contribution is 2.30. The van der Waals surface area contributed by atoms with Crippen LogP contribution in [-0.4, -0.2) is 28.6 Å². The van der Waals surface area contributed by atoms with Crippen molar-refractivity contribution >= 4 is 21.4 Å². The van der Waals surface area contributed by atoms with E-state index in [-0.39, 0.29) is 10.6 Å². The number of nitrogens with zero attached hydrogens (tertiary/aromatic N) is 1. The molecule has 0 saturated heterocycles. The van der Waals surface area contributed by atoms with Crippen LogP contribution in [0.3, 0.4) is 0 Å². The van der Waals surface area contributed by atoms with Crippen LogP contribution in [0.1, 0.15) is 19.3 Å². The second-order valence-electron chi connectivity index (χ2n) is 4.63. The van der Waals surface area contributed by atoms with Gasteiger partial charge in [-0.2, -0.15) is 0 Å². The van der Waals surface area contributed by atoms with E-state index < -0.39 is 10.0 Å². The van der Waals surface area contributed by atoms with Crippen LogP contribution in [0.2, 0.25) is 0 Å². The number of nitrogens with one attached hydrogen (secondary N) is 1. The highest BCUT2D eigenvalue weighted by Gasteiger charge is 2.23. The molecule has 0 radical (unpaired) electrons. The van der Waals surface area contributed by atoms with E-state index in [0.717, 1.165) is 5.69 Å². The second kappa shape index (κ2) is 4.78. The molecule has 1 aromatic rings. The largest absolute Gasteiger partial charge is 0.398 e. The molecule has 18 heavy (non-hydrogen) atoms. The quantitative estimate of drug-likeness (QED) is 0.804. The minimum absolute atomic E-state index is 0.135. The predicted molar refractivity (Wildman–Crippen MR) is 73.1 cm³/mol. The lowest BCUT2D eigenvalue weighted by molar-refractivity contribution is 0.401. The van der Waals surface area contributed by atoms with Gasteiger partial charge in [0.15, 0.2) is 0 Å². The Labute approximate surface area is 108 Å². The summed E-state index contributed by atoms with van der Waals surface area (Å²) < 4.78 is 25.7. The SMILES string of the molecule is CNS(=O)(=O)c1ccc(N(C)C2CCC2)cc1N. The van der Waals surface area contributed by atoms with E-state index in [0.29, 0.717) is 6.04 Å². The molecule has 0 heterocycles. The molecule has 1 aromatic carbocycles. The molecule has 0 unspecified atom stereocenters. The molecule has 0 atom stereocenters. The summed E-state index contributed by atoms with van der Waals surface area (Å²) in [4.78, 5) is 2.30. The highest BCUT2D eigenvalue weighted by atomic mass is 32.2. The van der Waals surface area contributed by atoms with Gasteiger partial charge >= 0.3 is 0 Å². The van der Waals surface area contributed by atoms with Crippen molar-refractivity contribution in [2.75, 3.05) is 24.7 Å². The summed E-state index contributed by atoms with van der Waals surface area (Å²) in [6.45, 7) is 0. The summed E-state index contributed by atoms with van der Waals surface area (Å²) in [6.07, 6.45) is 3.64. The molecule has 1 fully saturated rings. The average molecular weight is 269 g/mol. The van der Waals surface area contributed by atoms with E-state index in [9.17, 15) is 8.42 Å². The molecule has 0 aliphatic heterocycles. The number of anilines is 2. The van der Waals surface area contributed by atoms with E-state index in [2.05, 4.69) is 9.62 Å². The second-order valence-corrected chi connectivity index (χ2v) is 6.48. The zero-order valence-corrected chi connectivity index (χ0v) is 11.5. The standard InChI is InChI=1S/C12H19N3O2S/c1-14-18(16,17)12-7-6-10(8-11(12)13)15(2)9-4-3-5-9/h6-9,14H,3-5,13H2,1-2H3. The van der Waals surface area contributed by atoms with E-state index >= 15 is 0 Å². The molecular weight excluding hydrogens is 250 g/mol. The molecule has 0 spiro atoms. The number of nitrogens with two attached hydrogens (primary N) is 1. The van der Waals surface area contributed by atoms with Gasteiger partial charge in [-0.1, -0.05) is 0 Å². The third kappa shape index (κ3) is 2.30. The summed E-state index contributed by atoms with van der Waals surface area (Å²) >= 11 is 0. The number of benzene rings is 1. The van der Waals surface area contributed by atoms with Gasteiger partial charge in [0.1, 0.15) is 4.90 Å². The average Bonchev–Trinajstić information content (AvgIpc) is 2.26. The minimum Gasteiger partial charge on any atom is -0.398 e. The number of hydrogen-bond donors (Lipinski definition) is 2. The molecule has 6 heteroatoms. The maximum atomic E-state index is 11.7. The van der Waals surface area contributed by atoms with Crippen LogP contribution in [0.5, 0.6) is 0 Å². The van der Waals surface area contributed by atoms with Crippen molar-refractivity contribution in [1.29, 1.82) is 0 Å². The van der Waals surface area contributed by atoms with Gasteiger partial charge in [0.25, 0.3) is 0 Å². The maximum absolute atomic E-state index is 11.7. The van der Waals surface area contributed by atoms with Crippen LogP contribution >= 0.6 is 0 Å². The monoisotopic (exact) mass is 269 g/mol. The normalized spacial score (nSPS) is 16.3. The lowest BCUT2D eigenvalue weighted by Crippen LogP contribution is -2.37. The zero-order valence-electron chi connectivity index (χ0n) is 10.7. The number of rotatable bonds is 4. The molecule has 1 aliphatic rings. The highest BCUT2D eigenvalue weighted by molar-refractivity contribution is 7.89. The van der Waals surface area contributed by atoms with Gasteiger partial charge < -0.3 is 10.6 Å². The Bertz CT molecular complexity index is 538. The first-order valence-electron chi connectivity index (χ1n) is 6.01. The first-order valence-corrected chi connectivity index (χ1v) is 7.50. The van der Waals surface area contributed by atoms with Crippen LogP contribution in [-0.2, 0) is 10.0 Å². The topological polar surface area (TPSA) is 75.4 Å². The zero-order chi connectivity index (χ0) is 13.3. The van der Waals surface area contributed by atoms with Gasteiger partial charge in [-0.25, -0.2) is 13.1 Å². The van der Waals surface area contributed by atoms with Crippen LogP contribution < -0.4 is 15.4 Å². The lowest BCUT2D eigenvalue weighted by Gasteiger charge is -2.36. The Morgan fingerprint density at radius 2 is 2.06 bits per heavy atom. The molecule has 100 valence electrons. The van der Waals surface area contributed by atoms with Gasteiger partial charge in [-0.3, -0.25) is 0 Å². The van der Waals surface area contributed by atoms with E-state index in [4.69, 9.17) is 5.73 Å². The molecule has 2 rings (SSSR count). The van der Waals surface area contributed by atoms with Crippen molar-refractivity contribution in [3.05, 3.63) is 18.2 Å². The Kier molecular flexibility index (Phi) is 3.49. The summed E-state index contributed by atoms with van der Waals surface area (Å²) in [5, 5.41) is 0. The molecule has 0 bridgehead atoms. The van der Waals surface area contributed by atoms with Crippen LogP contribution in [0.15, 0.2) is 23.1 Å². The molecule has 1 saturated carbocycles. The van der Waals surface area contributed by atoms with Gasteiger partial charge in [0.2, 0.25) is 10.0 Å². The molecule has 0 amide bonds. The Balaban J connectivity index is 2.30. The van der Waals surface area contributed by atoms with E-state index in [1.807, 2.05) is 7.05 Å². The number of hydrogen-bond acceptors (Lipinski definition) is 4. The summed E-state index contributed by atoms with van der Waals surface area (Å²) in [7, 11) is -0.0798. The first kappa shape index (κ1) is 13.2. The maximum Gasteiger partial charge on any atom is 0.242 e. The smallest absolute Gasteiger partial charge is 0.242 e. The van der Waals surface area contributed by atoms with Gasteiger partial charge in [-0.15, -0.1) is 0 Å². The van der Waals surface area contributed by atoms with Crippen molar-refractivity contribution in [3.63, 3.8) is 0 Å².